The molecule has 2 N–H and O–H groups in total. The number of ether oxygens (including phenoxy) is 1. The number of nitrogens with one attached hydrogen (secondary N) is 1. The summed E-state index contributed by atoms with van der Waals surface area (Å²) < 4.78 is 20.3. The highest BCUT2D eigenvalue weighted by Gasteiger charge is 2.37. The van der Waals surface area contributed by atoms with Crippen LogP contribution in [-0.2, 0) is 4.43 Å². The molecule has 0 atom stereocenters. The van der Waals surface area contributed by atoms with Gasteiger partial charge in [0.1, 0.15) is 23.2 Å². The number of aromatic nitrogens is 4. The Labute approximate surface area is 234 Å². The lowest BCUT2D eigenvalue weighted by Gasteiger charge is -2.36. The lowest BCUT2D eigenvalue weighted by atomic mass is 9.89. The van der Waals surface area contributed by atoms with Gasteiger partial charge in [0.05, 0.1) is 11.6 Å². The van der Waals surface area contributed by atoms with Crippen molar-refractivity contribution in [3.05, 3.63) is 36.7 Å². The SMILES string of the molecule is CN(CCCO[Si](C)(C)C(C)(C)C)c1nccc2oc(-c3cnc4ccc(O[C@H]5C[C@H](NC(=O)O)C5)nn34)cc12. The molecule has 0 bridgehead atoms. The third kappa shape index (κ3) is 5.78. The molecule has 0 unspecified atom stereocenters. The van der Waals surface area contributed by atoms with Crippen LogP contribution in [0, 0.1) is 0 Å². The number of carboxylic acid groups (broad SMARTS) is 1. The Morgan fingerprint density at radius 2 is 2.02 bits per heavy atom. The predicted octanol–water partition coefficient (Wildman–Crippen LogP) is 5.56. The fourth-order valence-electron chi connectivity index (χ4n) is 4.54. The molecule has 0 aromatic carbocycles. The topological polar surface area (TPSA) is 127 Å². The van der Waals surface area contributed by atoms with Crippen LogP contribution in [0.25, 0.3) is 28.1 Å². The molecular weight excluding hydrogens is 528 g/mol. The average molecular weight is 567 g/mol. The van der Waals surface area contributed by atoms with E-state index in [-0.39, 0.29) is 17.2 Å². The molecule has 11 nitrogen and oxygen atoms in total. The molecule has 12 heteroatoms. The van der Waals surface area contributed by atoms with Crippen molar-refractivity contribution in [1.29, 1.82) is 0 Å². The second kappa shape index (κ2) is 10.7. The standard InChI is InChI=1S/C28H38N6O5Si/c1-28(2,3)40(5,6)37-13-7-12-33(4)26-20-16-23(39-22(20)10-11-29-26)21-17-30-24-8-9-25(32-34(21)24)38-19-14-18(15-19)31-27(35)36/h8-11,16-19,31H,7,12-15H2,1-6H3,(H,35,36)/t18-,19-. The molecule has 40 heavy (non-hydrogen) atoms. The summed E-state index contributed by atoms with van der Waals surface area (Å²) in [7, 11) is 0.271. The molecule has 0 aliphatic heterocycles. The predicted molar refractivity (Wildman–Crippen MR) is 156 cm³/mol. The molecule has 1 aliphatic rings. The molecule has 0 radical (unpaired) electrons. The highest BCUT2D eigenvalue weighted by molar-refractivity contribution is 6.74. The fourth-order valence-corrected chi connectivity index (χ4v) is 5.63. The van der Waals surface area contributed by atoms with E-state index < -0.39 is 14.4 Å². The minimum Gasteiger partial charge on any atom is -0.473 e. The molecule has 0 saturated heterocycles. The van der Waals surface area contributed by atoms with E-state index in [1.807, 2.05) is 25.2 Å². The van der Waals surface area contributed by atoms with E-state index in [2.05, 4.69) is 59.1 Å². The number of hydrogen-bond donors (Lipinski definition) is 2. The molecule has 4 aromatic rings. The number of amides is 1. The van der Waals surface area contributed by atoms with Gasteiger partial charge in [-0.3, -0.25) is 0 Å². The summed E-state index contributed by atoms with van der Waals surface area (Å²) >= 11 is 0. The van der Waals surface area contributed by atoms with Gasteiger partial charge in [0, 0.05) is 51.3 Å². The summed E-state index contributed by atoms with van der Waals surface area (Å²) in [6.45, 7) is 12.9. The van der Waals surface area contributed by atoms with Gasteiger partial charge in [0.25, 0.3) is 0 Å². The average Bonchev–Trinajstić information content (AvgIpc) is 3.47. The number of hydrogen-bond acceptors (Lipinski definition) is 8. The van der Waals surface area contributed by atoms with Gasteiger partial charge in [0.15, 0.2) is 19.7 Å². The first-order valence-corrected chi connectivity index (χ1v) is 16.6. The van der Waals surface area contributed by atoms with Crippen LogP contribution in [0.15, 0.2) is 41.1 Å². The smallest absolute Gasteiger partial charge is 0.404 e. The van der Waals surface area contributed by atoms with E-state index in [4.69, 9.17) is 18.7 Å². The number of anilines is 1. The lowest BCUT2D eigenvalue weighted by molar-refractivity contribution is 0.0782. The van der Waals surface area contributed by atoms with Crippen molar-refractivity contribution in [3.63, 3.8) is 0 Å². The number of imidazole rings is 1. The Balaban J connectivity index is 1.29. The maximum atomic E-state index is 10.8. The second-order valence-corrected chi connectivity index (χ2v) is 16.8. The summed E-state index contributed by atoms with van der Waals surface area (Å²) in [6, 6.07) is 7.37. The third-order valence-corrected chi connectivity index (χ3v) is 12.5. The number of rotatable bonds is 10. The summed E-state index contributed by atoms with van der Waals surface area (Å²) in [5, 5.41) is 17.1. The van der Waals surface area contributed by atoms with Crippen LogP contribution in [0.2, 0.25) is 18.1 Å². The van der Waals surface area contributed by atoms with Crippen LogP contribution in [0.5, 0.6) is 5.88 Å². The Morgan fingerprint density at radius 1 is 1.25 bits per heavy atom. The van der Waals surface area contributed by atoms with Crippen LogP contribution in [0.3, 0.4) is 0 Å². The number of nitrogens with zero attached hydrogens (tertiary/aromatic N) is 5. The highest BCUT2D eigenvalue weighted by atomic mass is 28.4. The first-order chi connectivity index (χ1) is 18.9. The van der Waals surface area contributed by atoms with Gasteiger partial charge in [-0.2, -0.15) is 0 Å². The van der Waals surface area contributed by atoms with Gasteiger partial charge in [-0.05, 0) is 42.8 Å². The van der Waals surface area contributed by atoms with Gasteiger partial charge in [0.2, 0.25) is 5.88 Å². The van der Waals surface area contributed by atoms with Crippen LogP contribution < -0.4 is 15.0 Å². The van der Waals surface area contributed by atoms with Crippen molar-refractivity contribution < 1.29 is 23.5 Å². The summed E-state index contributed by atoms with van der Waals surface area (Å²) in [5.41, 5.74) is 2.10. The number of pyridine rings is 1. The Bertz CT molecular complexity index is 1500. The van der Waals surface area contributed by atoms with Crippen LogP contribution in [0.1, 0.15) is 40.0 Å². The summed E-state index contributed by atoms with van der Waals surface area (Å²) in [4.78, 5) is 22.1. The van der Waals surface area contributed by atoms with E-state index in [1.165, 1.54) is 0 Å². The van der Waals surface area contributed by atoms with Gasteiger partial charge in [-0.15, -0.1) is 5.10 Å². The van der Waals surface area contributed by atoms with Crippen LogP contribution in [-0.4, -0.2) is 71.4 Å². The quantitative estimate of drug-likeness (QED) is 0.187. The highest BCUT2D eigenvalue weighted by Crippen LogP contribution is 2.37. The van der Waals surface area contributed by atoms with E-state index in [1.54, 1.807) is 23.0 Å². The fraction of sp³-hybridized carbons (Fsp3) is 0.500. The van der Waals surface area contributed by atoms with E-state index in [0.717, 1.165) is 36.4 Å². The minimum absolute atomic E-state index is 0.0866. The van der Waals surface area contributed by atoms with Gasteiger partial charge >= 0.3 is 6.09 Å². The number of furan rings is 1. The van der Waals surface area contributed by atoms with E-state index >= 15 is 0 Å². The Morgan fingerprint density at radius 3 is 2.75 bits per heavy atom. The van der Waals surface area contributed by atoms with E-state index in [0.29, 0.717) is 35.8 Å². The Kier molecular flexibility index (Phi) is 7.49. The first kappa shape index (κ1) is 27.9. The zero-order chi connectivity index (χ0) is 28.7. The van der Waals surface area contributed by atoms with Crippen molar-refractivity contribution >= 4 is 36.8 Å². The molecular formula is C28H38N6O5Si. The van der Waals surface area contributed by atoms with Crippen molar-refractivity contribution in [3.8, 4) is 17.3 Å². The maximum absolute atomic E-state index is 10.8. The second-order valence-electron chi connectivity index (χ2n) is 12.0. The van der Waals surface area contributed by atoms with Crippen molar-refractivity contribution in [2.24, 2.45) is 0 Å². The van der Waals surface area contributed by atoms with Crippen molar-refractivity contribution in [2.75, 3.05) is 25.1 Å². The largest absolute Gasteiger partial charge is 0.473 e. The molecule has 5 rings (SSSR count). The van der Waals surface area contributed by atoms with Crippen molar-refractivity contribution in [2.45, 2.75) is 70.3 Å². The zero-order valence-electron chi connectivity index (χ0n) is 24.0. The minimum atomic E-state index is -1.77. The molecule has 214 valence electrons. The van der Waals surface area contributed by atoms with Crippen LogP contribution >= 0.6 is 0 Å². The van der Waals surface area contributed by atoms with Crippen LogP contribution in [0.4, 0.5) is 10.6 Å². The molecule has 0 spiro atoms. The Hall–Kier alpha value is -3.64. The number of fused-ring (bicyclic) bond motifs is 2. The molecule has 4 heterocycles. The molecule has 1 fully saturated rings. The molecule has 1 saturated carbocycles. The third-order valence-electron chi connectivity index (χ3n) is 7.99. The molecule has 4 aromatic heterocycles. The van der Waals surface area contributed by atoms with Gasteiger partial charge in [-0.25, -0.2) is 19.3 Å². The van der Waals surface area contributed by atoms with Crippen molar-refractivity contribution in [1.82, 2.24) is 24.9 Å². The van der Waals surface area contributed by atoms with Gasteiger partial charge < -0.3 is 28.9 Å². The maximum Gasteiger partial charge on any atom is 0.404 e. The van der Waals surface area contributed by atoms with Gasteiger partial charge in [-0.1, -0.05) is 20.8 Å². The summed E-state index contributed by atoms with van der Waals surface area (Å²) in [5.74, 6) is 1.93. The monoisotopic (exact) mass is 566 g/mol. The molecule has 1 aliphatic carbocycles. The molecule has 1 amide bonds. The zero-order valence-corrected chi connectivity index (χ0v) is 25.0. The van der Waals surface area contributed by atoms with E-state index in [9.17, 15) is 4.79 Å². The normalized spacial score (nSPS) is 17.6. The number of carbonyl (C=O) groups is 1. The lowest BCUT2D eigenvalue weighted by Crippen LogP contribution is -2.48. The summed E-state index contributed by atoms with van der Waals surface area (Å²) in [6.07, 6.45) is 4.51. The first-order valence-electron chi connectivity index (χ1n) is 13.7.